The monoisotopic (exact) mass is 289 g/mol. The molecule has 0 spiro atoms. The first-order valence-electron chi connectivity index (χ1n) is 6.69. The van der Waals surface area contributed by atoms with Gasteiger partial charge in [-0.2, -0.15) is 5.26 Å². The van der Waals surface area contributed by atoms with Crippen LogP contribution < -0.4 is 10.6 Å². The van der Waals surface area contributed by atoms with Crippen molar-refractivity contribution in [2.75, 3.05) is 11.9 Å². The summed E-state index contributed by atoms with van der Waals surface area (Å²) >= 11 is 0. The molecule has 0 saturated carbocycles. The topological polar surface area (TPSA) is 102 Å². The molecule has 6 nitrogen and oxygen atoms in total. The second kappa shape index (κ2) is 8.02. The molecular formula is C15H19N3O3. The molecule has 0 aliphatic carbocycles. The number of nitrogens with one attached hydrogen (secondary N) is 2. The maximum absolute atomic E-state index is 11.8. The van der Waals surface area contributed by atoms with E-state index in [-0.39, 0.29) is 18.4 Å². The van der Waals surface area contributed by atoms with E-state index in [1.807, 2.05) is 19.9 Å². The summed E-state index contributed by atoms with van der Waals surface area (Å²) in [5, 5.41) is 23.3. The number of carboxylic acid groups (broad SMARTS) is 1. The summed E-state index contributed by atoms with van der Waals surface area (Å²) in [6.07, 6.45) is 0.442. The molecule has 1 atom stereocenters. The zero-order valence-corrected chi connectivity index (χ0v) is 12.1. The lowest BCUT2D eigenvalue weighted by atomic mass is 10.0. The van der Waals surface area contributed by atoms with Gasteiger partial charge in [-0.05, 0) is 24.5 Å². The number of nitriles is 1. The SMILES string of the molecule is CC(C)CC(NCC(=O)Nc1ccccc1C#N)C(=O)O. The van der Waals surface area contributed by atoms with E-state index in [2.05, 4.69) is 10.6 Å². The average Bonchev–Trinajstić information content (AvgIpc) is 2.43. The number of carboxylic acids is 1. The maximum atomic E-state index is 11.8. The largest absolute Gasteiger partial charge is 0.480 e. The molecule has 0 radical (unpaired) electrons. The van der Waals surface area contributed by atoms with Crippen molar-refractivity contribution in [1.29, 1.82) is 5.26 Å². The Labute approximate surface area is 123 Å². The van der Waals surface area contributed by atoms with Crippen LogP contribution in [0.5, 0.6) is 0 Å². The van der Waals surface area contributed by atoms with E-state index in [1.54, 1.807) is 24.3 Å². The first kappa shape index (κ1) is 16.7. The van der Waals surface area contributed by atoms with Gasteiger partial charge in [-0.25, -0.2) is 0 Å². The molecule has 6 heteroatoms. The molecule has 0 aliphatic rings. The second-order valence-corrected chi connectivity index (χ2v) is 5.11. The Balaban J connectivity index is 2.57. The van der Waals surface area contributed by atoms with Gasteiger partial charge in [0.25, 0.3) is 0 Å². The minimum absolute atomic E-state index is 0.122. The van der Waals surface area contributed by atoms with E-state index < -0.39 is 12.0 Å². The fourth-order valence-electron chi connectivity index (χ4n) is 1.84. The quantitative estimate of drug-likeness (QED) is 0.707. The minimum atomic E-state index is -0.978. The molecule has 0 aromatic heterocycles. The van der Waals surface area contributed by atoms with Gasteiger partial charge in [0, 0.05) is 0 Å². The van der Waals surface area contributed by atoms with E-state index in [0.29, 0.717) is 17.7 Å². The van der Waals surface area contributed by atoms with Crippen molar-refractivity contribution < 1.29 is 14.7 Å². The number of carbonyl (C=O) groups is 2. The van der Waals surface area contributed by atoms with Gasteiger partial charge in [-0.3, -0.25) is 14.9 Å². The molecule has 1 amide bonds. The molecule has 1 rings (SSSR count). The lowest BCUT2D eigenvalue weighted by Gasteiger charge is -2.16. The number of hydrogen-bond donors (Lipinski definition) is 3. The molecule has 112 valence electrons. The Morgan fingerprint density at radius 2 is 2.00 bits per heavy atom. The number of anilines is 1. The smallest absolute Gasteiger partial charge is 0.320 e. The number of benzene rings is 1. The molecule has 0 aliphatic heterocycles. The Morgan fingerprint density at radius 1 is 1.33 bits per heavy atom. The van der Waals surface area contributed by atoms with Crippen LogP contribution in [0.3, 0.4) is 0 Å². The molecule has 3 N–H and O–H groups in total. The number of para-hydroxylation sites is 1. The van der Waals surface area contributed by atoms with Gasteiger partial charge in [0.2, 0.25) is 5.91 Å². The Morgan fingerprint density at radius 3 is 2.57 bits per heavy atom. The number of rotatable bonds is 7. The number of hydrogen-bond acceptors (Lipinski definition) is 4. The average molecular weight is 289 g/mol. The van der Waals surface area contributed by atoms with Crippen LogP contribution >= 0.6 is 0 Å². The number of amides is 1. The molecular weight excluding hydrogens is 270 g/mol. The molecule has 1 unspecified atom stereocenters. The fraction of sp³-hybridized carbons (Fsp3) is 0.400. The number of nitrogens with zero attached hydrogens (tertiary/aromatic N) is 1. The van der Waals surface area contributed by atoms with Gasteiger partial charge in [-0.15, -0.1) is 0 Å². The Kier molecular flexibility index (Phi) is 6.37. The van der Waals surface area contributed by atoms with E-state index >= 15 is 0 Å². The van der Waals surface area contributed by atoms with Crippen LogP contribution in [0.4, 0.5) is 5.69 Å². The fourth-order valence-corrected chi connectivity index (χ4v) is 1.84. The first-order valence-corrected chi connectivity index (χ1v) is 6.69. The standard InChI is InChI=1S/C15H19N3O3/c1-10(2)7-13(15(20)21)17-9-14(19)18-12-6-4-3-5-11(12)8-16/h3-6,10,13,17H,7,9H2,1-2H3,(H,18,19)(H,20,21). The zero-order valence-electron chi connectivity index (χ0n) is 12.1. The Hall–Kier alpha value is -2.39. The highest BCUT2D eigenvalue weighted by Crippen LogP contribution is 2.13. The van der Waals surface area contributed by atoms with Gasteiger partial charge >= 0.3 is 5.97 Å². The zero-order chi connectivity index (χ0) is 15.8. The van der Waals surface area contributed by atoms with Crippen molar-refractivity contribution in [2.45, 2.75) is 26.3 Å². The molecule has 1 aromatic rings. The summed E-state index contributed by atoms with van der Waals surface area (Å²) in [6, 6.07) is 7.86. The summed E-state index contributed by atoms with van der Waals surface area (Å²) in [7, 11) is 0. The third-order valence-electron chi connectivity index (χ3n) is 2.84. The van der Waals surface area contributed by atoms with Crippen molar-refractivity contribution in [3.63, 3.8) is 0 Å². The molecule has 0 bridgehead atoms. The molecule has 0 fully saturated rings. The van der Waals surface area contributed by atoms with Crippen molar-refractivity contribution in [3.8, 4) is 6.07 Å². The van der Waals surface area contributed by atoms with Crippen LogP contribution in [0.1, 0.15) is 25.8 Å². The maximum Gasteiger partial charge on any atom is 0.320 e. The lowest BCUT2D eigenvalue weighted by Crippen LogP contribution is -2.42. The highest BCUT2D eigenvalue weighted by molar-refractivity contribution is 5.93. The van der Waals surface area contributed by atoms with Gasteiger partial charge in [0.1, 0.15) is 12.1 Å². The van der Waals surface area contributed by atoms with Crippen LogP contribution in [0.15, 0.2) is 24.3 Å². The van der Waals surface area contributed by atoms with Crippen LogP contribution in [0, 0.1) is 17.2 Å². The molecule has 21 heavy (non-hydrogen) atoms. The summed E-state index contributed by atoms with van der Waals surface area (Å²) in [5.74, 6) is -1.15. The first-order chi connectivity index (χ1) is 9.93. The predicted molar refractivity (Wildman–Crippen MR) is 78.7 cm³/mol. The molecule has 0 heterocycles. The predicted octanol–water partition coefficient (Wildman–Crippen LogP) is 1.59. The Bertz CT molecular complexity index is 549. The summed E-state index contributed by atoms with van der Waals surface area (Å²) in [5.41, 5.74) is 0.783. The van der Waals surface area contributed by atoms with Crippen molar-refractivity contribution in [2.24, 2.45) is 5.92 Å². The van der Waals surface area contributed by atoms with Crippen LogP contribution in [-0.2, 0) is 9.59 Å². The number of aliphatic carboxylic acids is 1. The minimum Gasteiger partial charge on any atom is -0.480 e. The summed E-state index contributed by atoms with van der Waals surface area (Å²) < 4.78 is 0. The second-order valence-electron chi connectivity index (χ2n) is 5.11. The normalized spacial score (nSPS) is 11.7. The van der Waals surface area contributed by atoms with Crippen molar-refractivity contribution in [3.05, 3.63) is 29.8 Å². The van der Waals surface area contributed by atoms with E-state index in [0.717, 1.165) is 0 Å². The third kappa shape index (κ3) is 5.63. The van der Waals surface area contributed by atoms with Crippen LogP contribution in [0.2, 0.25) is 0 Å². The van der Waals surface area contributed by atoms with E-state index in [4.69, 9.17) is 10.4 Å². The van der Waals surface area contributed by atoms with Gasteiger partial charge in [0.05, 0.1) is 17.8 Å². The summed E-state index contributed by atoms with van der Waals surface area (Å²) in [4.78, 5) is 22.9. The molecule has 1 aromatic carbocycles. The van der Waals surface area contributed by atoms with Crippen LogP contribution in [-0.4, -0.2) is 29.6 Å². The highest BCUT2D eigenvalue weighted by Gasteiger charge is 2.19. The van der Waals surface area contributed by atoms with Gasteiger partial charge in [0.15, 0.2) is 0 Å². The van der Waals surface area contributed by atoms with E-state index in [1.165, 1.54) is 0 Å². The van der Waals surface area contributed by atoms with E-state index in [9.17, 15) is 9.59 Å². The summed E-state index contributed by atoms with van der Waals surface area (Å²) in [6.45, 7) is 3.71. The van der Waals surface area contributed by atoms with Crippen LogP contribution in [0.25, 0.3) is 0 Å². The molecule has 0 saturated heterocycles. The third-order valence-corrected chi connectivity index (χ3v) is 2.84. The lowest BCUT2D eigenvalue weighted by molar-refractivity contribution is -0.139. The highest BCUT2D eigenvalue weighted by atomic mass is 16.4. The van der Waals surface area contributed by atoms with Gasteiger partial charge < -0.3 is 10.4 Å². The van der Waals surface area contributed by atoms with Crippen molar-refractivity contribution in [1.82, 2.24) is 5.32 Å². The van der Waals surface area contributed by atoms with Crippen molar-refractivity contribution >= 4 is 17.6 Å². The van der Waals surface area contributed by atoms with Gasteiger partial charge in [-0.1, -0.05) is 26.0 Å². The number of carbonyl (C=O) groups excluding carboxylic acids is 1.